The molecule has 0 aliphatic carbocycles. The molecule has 200 valence electrons. The molecule has 2 amide bonds. The van der Waals surface area contributed by atoms with E-state index in [9.17, 15) is 19.5 Å². The number of benzene rings is 1. The number of nitrogens with zero attached hydrogens (tertiary/aromatic N) is 2. The van der Waals surface area contributed by atoms with Crippen LogP contribution in [0.1, 0.15) is 37.8 Å². The lowest BCUT2D eigenvalue weighted by Crippen LogP contribution is -2.58. The number of thioether (sulfide) groups is 1. The number of amides is 2. The van der Waals surface area contributed by atoms with E-state index in [0.29, 0.717) is 6.42 Å². The molecule has 3 heterocycles. The molecule has 8 heteroatoms. The van der Waals surface area contributed by atoms with Gasteiger partial charge in [-0.3, -0.25) is 14.4 Å². The zero-order valence-corrected chi connectivity index (χ0v) is 23.0. The van der Waals surface area contributed by atoms with E-state index in [0.717, 1.165) is 23.2 Å². The number of anilines is 1. The molecule has 0 saturated carbocycles. The summed E-state index contributed by atoms with van der Waals surface area (Å²) >= 11 is 1.60. The molecule has 1 aromatic rings. The first kappa shape index (κ1) is 27.5. The Balaban J connectivity index is 1.85. The summed E-state index contributed by atoms with van der Waals surface area (Å²) < 4.78 is 4.68. The number of carbonyl (C=O) groups is 3. The van der Waals surface area contributed by atoms with E-state index in [1.807, 2.05) is 45.9 Å². The average Bonchev–Trinajstić information content (AvgIpc) is 3.49. The minimum absolute atomic E-state index is 0.0802. The summed E-state index contributed by atoms with van der Waals surface area (Å²) in [6, 6.07) is 4.54. The maximum absolute atomic E-state index is 14.7. The Kier molecular flexibility index (Phi) is 7.91. The molecule has 3 saturated heterocycles. The summed E-state index contributed by atoms with van der Waals surface area (Å²) in [6.45, 7) is 15.4. The maximum Gasteiger partial charge on any atom is 0.311 e. The molecule has 3 aliphatic heterocycles. The normalized spacial score (nSPS) is 28.8. The van der Waals surface area contributed by atoms with Gasteiger partial charge in [-0.2, -0.15) is 0 Å². The van der Waals surface area contributed by atoms with Crippen molar-refractivity contribution in [2.45, 2.75) is 62.6 Å². The van der Waals surface area contributed by atoms with Gasteiger partial charge >= 0.3 is 5.97 Å². The number of hydrogen-bond acceptors (Lipinski definition) is 6. The van der Waals surface area contributed by atoms with Crippen molar-refractivity contribution in [1.29, 1.82) is 0 Å². The molecule has 0 aromatic heterocycles. The zero-order valence-electron chi connectivity index (χ0n) is 22.2. The van der Waals surface area contributed by atoms with Crippen LogP contribution in [-0.2, 0) is 19.1 Å². The van der Waals surface area contributed by atoms with E-state index < -0.39 is 34.6 Å². The molecule has 2 unspecified atom stereocenters. The van der Waals surface area contributed by atoms with Crippen LogP contribution in [0.25, 0.3) is 0 Å². The third kappa shape index (κ3) is 4.32. The number of para-hydroxylation sites is 1. The van der Waals surface area contributed by atoms with Gasteiger partial charge < -0.3 is 19.6 Å². The zero-order chi connectivity index (χ0) is 27.1. The molecule has 2 bridgehead atoms. The van der Waals surface area contributed by atoms with Gasteiger partial charge in [0.15, 0.2) is 0 Å². The van der Waals surface area contributed by atoms with Crippen LogP contribution in [0.15, 0.2) is 43.5 Å². The summed E-state index contributed by atoms with van der Waals surface area (Å²) in [5, 5.41) is 10.3. The Morgan fingerprint density at radius 1 is 1.27 bits per heavy atom. The second-order valence-corrected chi connectivity index (χ2v) is 12.3. The molecule has 7 nitrogen and oxygen atoms in total. The van der Waals surface area contributed by atoms with Crippen LogP contribution in [-0.4, -0.2) is 69.6 Å². The number of aliphatic hydroxyl groups is 1. The largest absolute Gasteiger partial charge is 0.461 e. The number of aliphatic hydroxyl groups excluding tert-OH is 1. The summed E-state index contributed by atoms with van der Waals surface area (Å²) in [6.07, 6.45) is 4.60. The third-order valence-electron chi connectivity index (χ3n) is 8.19. The Hall–Kier alpha value is -2.58. The van der Waals surface area contributed by atoms with Gasteiger partial charge in [0.2, 0.25) is 5.91 Å². The summed E-state index contributed by atoms with van der Waals surface area (Å²) in [4.78, 5) is 45.4. The van der Waals surface area contributed by atoms with Gasteiger partial charge in [0.25, 0.3) is 5.91 Å². The number of likely N-dealkylation sites (tertiary alicyclic amines) is 1. The SMILES string of the molecule is C=CCOC(=O)[C@@H]1[C@H]2C(=O)N([C@@H](CO)C(C)C)C(C(=O)N(CC=C)c3c(C)cccc3C)C23CC[C@H]1S3. The number of aryl methyl sites for hydroxylation is 2. The van der Waals surface area contributed by atoms with E-state index in [1.165, 1.54) is 6.08 Å². The fourth-order valence-corrected chi connectivity index (χ4v) is 8.84. The van der Waals surface area contributed by atoms with E-state index in [1.54, 1.807) is 27.6 Å². The molecule has 3 aliphatic rings. The summed E-state index contributed by atoms with van der Waals surface area (Å²) in [5.74, 6) is -2.21. The van der Waals surface area contributed by atoms with Crippen molar-refractivity contribution in [2.24, 2.45) is 17.8 Å². The van der Waals surface area contributed by atoms with Crippen LogP contribution < -0.4 is 4.90 Å². The van der Waals surface area contributed by atoms with Crippen LogP contribution in [0.2, 0.25) is 0 Å². The van der Waals surface area contributed by atoms with E-state index in [4.69, 9.17) is 4.74 Å². The van der Waals surface area contributed by atoms with Gasteiger partial charge in [0.05, 0.1) is 29.2 Å². The predicted octanol–water partition coefficient (Wildman–Crippen LogP) is 3.66. The standard InChI is InChI=1S/C29H38N2O5S/c1-7-14-30(24-18(5)10-9-11-19(24)6)27(34)25-29-13-12-21(37-29)22(28(35)36-15-8-2)23(29)26(33)31(25)20(16-32)17(3)4/h7-11,17,20-23,25,32H,1-2,12-16H2,3-6H3/t20-,21+,22-,23-,25?,29?/m0/s1. The second-order valence-electron chi connectivity index (χ2n) is 10.7. The van der Waals surface area contributed by atoms with Crippen LogP contribution >= 0.6 is 11.8 Å². The first-order valence-electron chi connectivity index (χ1n) is 13.0. The van der Waals surface area contributed by atoms with E-state index in [-0.39, 0.29) is 42.7 Å². The monoisotopic (exact) mass is 526 g/mol. The number of esters is 1. The smallest absolute Gasteiger partial charge is 0.311 e. The van der Waals surface area contributed by atoms with Crippen LogP contribution in [0.5, 0.6) is 0 Å². The lowest BCUT2D eigenvalue weighted by atomic mass is 9.71. The summed E-state index contributed by atoms with van der Waals surface area (Å²) in [7, 11) is 0. The first-order valence-corrected chi connectivity index (χ1v) is 13.9. The van der Waals surface area contributed by atoms with Gasteiger partial charge in [0, 0.05) is 17.5 Å². The molecule has 1 aromatic carbocycles. The number of carbonyl (C=O) groups excluding carboxylic acids is 3. The molecule has 1 spiro atoms. The highest BCUT2D eigenvalue weighted by atomic mass is 32.2. The second kappa shape index (κ2) is 10.7. The minimum atomic E-state index is -0.810. The molecule has 37 heavy (non-hydrogen) atoms. The number of hydrogen-bond donors (Lipinski definition) is 1. The van der Waals surface area contributed by atoms with Crippen molar-refractivity contribution < 1.29 is 24.2 Å². The lowest BCUT2D eigenvalue weighted by Gasteiger charge is -2.41. The molecule has 6 atom stereocenters. The topological polar surface area (TPSA) is 87.1 Å². The Bertz CT molecular complexity index is 1080. The highest BCUT2D eigenvalue weighted by molar-refractivity contribution is 8.02. The Morgan fingerprint density at radius 2 is 1.95 bits per heavy atom. The van der Waals surface area contributed by atoms with Gasteiger partial charge in [-0.1, -0.05) is 50.8 Å². The van der Waals surface area contributed by atoms with E-state index in [2.05, 4.69) is 13.2 Å². The fraction of sp³-hybridized carbons (Fsp3) is 0.552. The minimum Gasteiger partial charge on any atom is -0.461 e. The molecular weight excluding hydrogens is 488 g/mol. The summed E-state index contributed by atoms with van der Waals surface area (Å²) in [5.41, 5.74) is 2.72. The van der Waals surface area contributed by atoms with Crippen molar-refractivity contribution in [3.63, 3.8) is 0 Å². The molecule has 0 radical (unpaired) electrons. The van der Waals surface area contributed by atoms with Crippen LogP contribution in [0.4, 0.5) is 5.69 Å². The first-order chi connectivity index (χ1) is 17.6. The maximum atomic E-state index is 14.7. The third-order valence-corrected chi connectivity index (χ3v) is 10.1. The predicted molar refractivity (Wildman–Crippen MR) is 146 cm³/mol. The molecule has 1 N–H and O–H groups in total. The Morgan fingerprint density at radius 3 is 2.51 bits per heavy atom. The van der Waals surface area contributed by atoms with Gasteiger partial charge in [-0.15, -0.1) is 18.3 Å². The lowest BCUT2D eigenvalue weighted by molar-refractivity contribution is -0.153. The molecule has 4 rings (SSSR count). The number of rotatable bonds is 10. The quantitative estimate of drug-likeness (QED) is 0.370. The fourth-order valence-electron chi connectivity index (χ4n) is 6.65. The Labute approximate surface area is 223 Å². The van der Waals surface area contributed by atoms with Crippen molar-refractivity contribution in [1.82, 2.24) is 4.90 Å². The van der Waals surface area contributed by atoms with Crippen molar-refractivity contribution in [3.8, 4) is 0 Å². The van der Waals surface area contributed by atoms with Crippen molar-refractivity contribution >= 4 is 35.2 Å². The highest BCUT2D eigenvalue weighted by Gasteiger charge is 2.75. The van der Waals surface area contributed by atoms with Crippen LogP contribution in [0, 0.1) is 31.6 Å². The average molecular weight is 527 g/mol. The molecular formula is C29H38N2O5S. The van der Waals surface area contributed by atoms with Crippen molar-refractivity contribution in [2.75, 3.05) is 24.7 Å². The van der Waals surface area contributed by atoms with E-state index >= 15 is 0 Å². The molecule has 3 fully saturated rings. The number of fused-ring (bicyclic) bond motifs is 1. The van der Waals surface area contributed by atoms with Crippen molar-refractivity contribution in [3.05, 3.63) is 54.6 Å². The highest BCUT2D eigenvalue weighted by Crippen LogP contribution is 2.67. The van der Waals surface area contributed by atoms with Crippen LogP contribution in [0.3, 0.4) is 0 Å². The van der Waals surface area contributed by atoms with Gasteiger partial charge in [-0.05, 0) is 43.7 Å². The number of ether oxygens (including phenoxy) is 1. The van der Waals surface area contributed by atoms with Gasteiger partial charge in [0.1, 0.15) is 12.6 Å². The van der Waals surface area contributed by atoms with Gasteiger partial charge in [-0.25, -0.2) is 0 Å².